The first kappa shape index (κ1) is 30.8. The first-order chi connectivity index (χ1) is 20.0. The van der Waals surface area contributed by atoms with Crippen LogP contribution in [0.2, 0.25) is 0 Å². The Morgan fingerprint density at radius 3 is 2.21 bits per heavy atom. The van der Waals surface area contributed by atoms with E-state index in [1.807, 2.05) is 0 Å². The molecule has 2 amide bonds. The maximum absolute atomic E-state index is 13.6. The zero-order valence-corrected chi connectivity index (χ0v) is 23.2. The molecule has 0 aliphatic carbocycles. The summed E-state index contributed by atoms with van der Waals surface area (Å²) in [5, 5.41) is 8.83. The van der Waals surface area contributed by atoms with Crippen molar-refractivity contribution in [1.82, 2.24) is 10.2 Å². The lowest BCUT2D eigenvalue weighted by atomic mass is 9.89. The van der Waals surface area contributed by atoms with E-state index in [1.54, 1.807) is 61.5 Å². The summed E-state index contributed by atoms with van der Waals surface area (Å²) in [5.74, 6) is -0.769. The molecule has 1 saturated heterocycles. The molecule has 0 bridgehead atoms. The smallest absolute Gasteiger partial charge is 0.397 e. The molecular formula is C31H34F3N5O3. The third kappa shape index (κ3) is 8.19. The van der Waals surface area contributed by atoms with Gasteiger partial charge >= 0.3 is 6.18 Å². The van der Waals surface area contributed by atoms with Gasteiger partial charge in [-0.25, -0.2) is 0 Å². The Kier molecular flexibility index (Phi) is 10.00. The molecule has 0 aromatic heterocycles. The van der Waals surface area contributed by atoms with Crippen molar-refractivity contribution < 1.29 is 27.5 Å². The van der Waals surface area contributed by atoms with Crippen molar-refractivity contribution in [2.45, 2.75) is 18.6 Å². The van der Waals surface area contributed by atoms with Gasteiger partial charge in [0.15, 0.2) is 0 Å². The van der Waals surface area contributed by atoms with Gasteiger partial charge in [0, 0.05) is 37.9 Å². The summed E-state index contributed by atoms with van der Waals surface area (Å²) in [4.78, 5) is 28.2. The number of hydrogen-bond donors (Lipinski definition) is 4. The van der Waals surface area contributed by atoms with E-state index in [1.165, 1.54) is 18.2 Å². The first-order valence-electron chi connectivity index (χ1n) is 13.5. The van der Waals surface area contributed by atoms with Gasteiger partial charge in [-0.2, -0.15) is 13.2 Å². The molecule has 4 rings (SSSR count). The number of para-hydroxylation sites is 2. The van der Waals surface area contributed by atoms with Crippen LogP contribution in [-0.4, -0.2) is 56.1 Å². The molecule has 222 valence electrons. The lowest BCUT2D eigenvalue weighted by Crippen LogP contribution is -2.52. The Balaban J connectivity index is 1.48. The minimum Gasteiger partial charge on any atom is -0.397 e. The summed E-state index contributed by atoms with van der Waals surface area (Å²) in [6.07, 6.45) is -1.44. The van der Waals surface area contributed by atoms with Gasteiger partial charge in [-0.3, -0.25) is 19.8 Å². The van der Waals surface area contributed by atoms with Crippen LogP contribution in [0.25, 0.3) is 6.08 Å². The topological polar surface area (TPSA) is 109 Å². The minimum atomic E-state index is -4.47. The van der Waals surface area contributed by atoms with Crippen LogP contribution in [-0.2, 0) is 26.0 Å². The van der Waals surface area contributed by atoms with E-state index in [0.717, 1.165) is 30.8 Å². The number of rotatable bonds is 10. The number of nitrogen functional groups attached to an aromatic ring is 1. The van der Waals surface area contributed by atoms with Crippen LogP contribution >= 0.6 is 0 Å². The molecule has 1 fully saturated rings. The number of alkyl halides is 3. The summed E-state index contributed by atoms with van der Waals surface area (Å²) >= 11 is 0. The standard InChI is InChI=1S/C31H34F3N5O3/c1-30(36-16-17-39-18-20-42-21-19-39,29(41)37-25-13-11-24(12-14-25)31(32,33)34)23-9-6-22(7-10-23)8-15-28(40)38-27-5-3-2-4-26(27)35/h2-15,36H,16-21,35H2,1H3,(H,37,41)(H,38,40). The van der Waals surface area contributed by atoms with Crippen LogP contribution in [0.1, 0.15) is 23.6 Å². The van der Waals surface area contributed by atoms with Gasteiger partial charge < -0.3 is 21.1 Å². The molecule has 1 aliphatic rings. The second-order valence-corrected chi connectivity index (χ2v) is 10.1. The van der Waals surface area contributed by atoms with Gasteiger partial charge in [0.2, 0.25) is 11.8 Å². The minimum absolute atomic E-state index is 0.249. The third-order valence-electron chi connectivity index (χ3n) is 7.07. The summed E-state index contributed by atoms with van der Waals surface area (Å²) in [6, 6.07) is 18.4. The summed E-state index contributed by atoms with van der Waals surface area (Å²) in [5.41, 5.74) is 6.47. The molecule has 1 unspecified atom stereocenters. The van der Waals surface area contributed by atoms with Gasteiger partial charge in [-0.15, -0.1) is 0 Å². The lowest BCUT2D eigenvalue weighted by molar-refractivity contribution is -0.137. The van der Waals surface area contributed by atoms with Crippen molar-refractivity contribution in [2.75, 3.05) is 55.8 Å². The van der Waals surface area contributed by atoms with E-state index in [4.69, 9.17) is 10.5 Å². The molecule has 8 nitrogen and oxygen atoms in total. The van der Waals surface area contributed by atoms with Gasteiger partial charge in [0.25, 0.3) is 0 Å². The molecule has 5 N–H and O–H groups in total. The van der Waals surface area contributed by atoms with Gasteiger partial charge in [-0.05, 0) is 60.5 Å². The highest BCUT2D eigenvalue weighted by atomic mass is 19.4. The fourth-order valence-electron chi connectivity index (χ4n) is 4.49. The van der Waals surface area contributed by atoms with E-state index in [-0.39, 0.29) is 11.6 Å². The zero-order chi connectivity index (χ0) is 30.2. The maximum atomic E-state index is 13.6. The number of halogens is 3. The van der Waals surface area contributed by atoms with Crippen molar-refractivity contribution in [1.29, 1.82) is 0 Å². The number of amides is 2. The van der Waals surface area contributed by atoms with Gasteiger partial charge in [0.1, 0.15) is 5.54 Å². The maximum Gasteiger partial charge on any atom is 0.416 e. The Hall–Kier alpha value is -4.19. The molecule has 42 heavy (non-hydrogen) atoms. The Morgan fingerprint density at radius 1 is 0.929 bits per heavy atom. The predicted octanol–water partition coefficient (Wildman–Crippen LogP) is 4.72. The summed E-state index contributed by atoms with van der Waals surface area (Å²) < 4.78 is 44.4. The van der Waals surface area contributed by atoms with E-state index >= 15 is 0 Å². The number of ether oxygens (including phenoxy) is 1. The van der Waals surface area contributed by atoms with E-state index in [9.17, 15) is 22.8 Å². The Morgan fingerprint density at radius 2 is 1.57 bits per heavy atom. The molecular weight excluding hydrogens is 547 g/mol. The van der Waals surface area contributed by atoms with Crippen LogP contribution in [0.15, 0.2) is 78.9 Å². The van der Waals surface area contributed by atoms with Crippen LogP contribution < -0.4 is 21.7 Å². The van der Waals surface area contributed by atoms with E-state index < -0.39 is 23.2 Å². The van der Waals surface area contributed by atoms with Crippen LogP contribution in [0, 0.1) is 0 Å². The number of benzene rings is 3. The molecule has 1 heterocycles. The Bertz CT molecular complexity index is 1390. The molecule has 11 heteroatoms. The molecule has 0 radical (unpaired) electrons. The van der Waals surface area contributed by atoms with Crippen molar-refractivity contribution in [3.63, 3.8) is 0 Å². The zero-order valence-electron chi connectivity index (χ0n) is 23.2. The fourth-order valence-corrected chi connectivity index (χ4v) is 4.49. The number of nitrogens with two attached hydrogens (primary N) is 1. The quantitative estimate of drug-likeness (QED) is 0.204. The average molecular weight is 582 g/mol. The SMILES string of the molecule is CC(NCCN1CCOCC1)(C(=O)Nc1ccc(C(F)(F)F)cc1)c1ccc(C=CC(=O)Nc2ccccc2N)cc1. The number of hydrogen-bond acceptors (Lipinski definition) is 6. The summed E-state index contributed by atoms with van der Waals surface area (Å²) in [6.45, 7) is 5.79. The van der Waals surface area contributed by atoms with Crippen molar-refractivity contribution >= 4 is 35.0 Å². The summed E-state index contributed by atoms with van der Waals surface area (Å²) in [7, 11) is 0. The predicted molar refractivity (Wildman–Crippen MR) is 158 cm³/mol. The van der Waals surface area contributed by atoms with Crippen molar-refractivity contribution in [2.24, 2.45) is 0 Å². The third-order valence-corrected chi connectivity index (χ3v) is 7.07. The molecule has 0 saturated carbocycles. The number of carbonyl (C=O) groups excluding carboxylic acids is 2. The highest BCUT2D eigenvalue weighted by Gasteiger charge is 2.35. The number of carbonyl (C=O) groups is 2. The second kappa shape index (κ2) is 13.6. The van der Waals surface area contributed by atoms with Crippen molar-refractivity contribution in [3.05, 3.63) is 95.6 Å². The van der Waals surface area contributed by atoms with Crippen molar-refractivity contribution in [3.8, 4) is 0 Å². The number of anilines is 3. The number of nitrogens with zero attached hydrogens (tertiary/aromatic N) is 1. The van der Waals surface area contributed by atoms with Crippen LogP contribution in [0.4, 0.5) is 30.2 Å². The normalized spacial score (nSPS) is 15.7. The van der Waals surface area contributed by atoms with Crippen LogP contribution in [0.3, 0.4) is 0 Å². The average Bonchev–Trinajstić information content (AvgIpc) is 2.98. The highest BCUT2D eigenvalue weighted by molar-refractivity contribution is 6.03. The monoisotopic (exact) mass is 581 g/mol. The first-order valence-corrected chi connectivity index (χ1v) is 13.5. The molecule has 0 spiro atoms. The molecule has 3 aromatic carbocycles. The fraction of sp³-hybridized carbons (Fsp3) is 0.290. The Labute approximate surface area is 242 Å². The molecule has 1 aliphatic heterocycles. The van der Waals surface area contributed by atoms with E-state index in [2.05, 4.69) is 20.9 Å². The highest BCUT2D eigenvalue weighted by Crippen LogP contribution is 2.30. The largest absolute Gasteiger partial charge is 0.416 e. The number of nitrogens with one attached hydrogen (secondary N) is 3. The number of morpholine rings is 1. The molecule has 1 atom stereocenters. The van der Waals surface area contributed by atoms with Gasteiger partial charge in [0.05, 0.1) is 30.2 Å². The van der Waals surface area contributed by atoms with Gasteiger partial charge in [-0.1, -0.05) is 36.4 Å². The second-order valence-electron chi connectivity index (χ2n) is 10.1. The van der Waals surface area contributed by atoms with Crippen LogP contribution in [0.5, 0.6) is 0 Å². The van der Waals surface area contributed by atoms with E-state index in [0.29, 0.717) is 43.2 Å². The lowest BCUT2D eigenvalue weighted by Gasteiger charge is -2.33. The molecule has 3 aromatic rings.